The topological polar surface area (TPSA) is 47.6 Å². The lowest BCUT2D eigenvalue weighted by atomic mass is 9.87. The molecule has 3 fully saturated rings. The van der Waals surface area contributed by atoms with E-state index in [2.05, 4.69) is 34.3 Å². The molecule has 0 aromatic heterocycles. The minimum Gasteiger partial charge on any atom is -0.352 e. The Balaban J connectivity index is 1.33. The van der Waals surface area contributed by atoms with Gasteiger partial charge in [0.05, 0.1) is 6.54 Å². The molecule has 0 aromatic rings. The predicted octanol–water partition coefficient (Wildman–Crippen LogP) is 1.30. The molecule has 2 saturated heterocycles. The summed E-state index contributed by atoms with van der Waals surface area (Å²) < 4.78 is 0. The number of hydrogen-bond donors (Lipinski definition) is 2. The van der Waals surface area contributed by atoms with Gasteiger partial charge in [-0.1, -0.05) is 13.8 Å². The van der Waals surface area contributed by atoms with Gasteiger partial charge in [-0.3, -0.25) is 9.69 Å². The van der Waals surface area contributed by atoms with Crippen molar-refractivity contribution in [1.82, 2.24) is 20.4 Å². The van der Waals surface area contributed by atoms with Gasteiger partial charge in [0, 0.05) is 45.3 Å². The number of hydrogen-bond acceptors (Lipinski definition) is 4. The van der Waals surface area contributed by atoms with Crippen LogP contribution in [0.25, 0.3) is 0 Å². The smallest absolute Gasteiger partial charge is 0.234 e. The van der Waals surface area contributed by atoms with Crippen molar-refractivity contribution in [2.45, 2.75) is 52.0 Å². The molecule has 2 aliphatic heterocycles. The molecule has 1 unspecified atom stereocenters. The van der Waals surface area contributed by atoms with E-state index >= 15 is 0 Å². The third kappa shape index (κ3) is 5.17. The summed E-state index contributed by atoms with van der Waals surface area (Å²) in [6.45, 7) is 13.1. The van der Waals surface area contributed by atoms with Crippen LogP contribution in [0.5, 0.6) is 0 Å². The first kappa shape index (κ1) is 18.2. The van der Waals surface area contributed by atoms with E-state index in [1.165, 1.54) is 25.8 Å². The van der Waals surface area contributed by atoms with E-state index in [1.54, 1.807) is 0 Å². The molecule has 3 rings (SSSR count). The van der Waals surface area contributed by atoms with Crippen LogP contribution >= 0.6 is 0 Å². The van der Waals surface area contributed by atoms with Crippen molar-refractivity contribution >= 4 is 5.91 Å². The Kier molecular flexibility index (Phi) is 6.17. The van der Waals surface area contributed by atoms with Gasteiger partial charge < -0.3 is 15.5 Å². The quantitative estimate of drug-likeness (QED) is 0.794. The molecule has 1 aliphatic carbocycles. The number of piperazine rings is 1. The molecular weight excluding hydrogens is 300 g/mol. The predicted molar refractivity (Wildman–Crippen MR) is 98.0 cm³/mol. The van der Waals surface area contributed by atoms with Crippen LogP contribution in [0.4, 0.5) is 0 Å². The zero-order valence-electron chi connectivity index (χ0n) is 15.6. The van der Waals surface area contributed by atoms with Gasteiger partial charge in [0.2, 0.25) is 5.91 Å². The third-order valence-electron chi connectivity index (χ3n) is 6.28. The van der Waals surface area contributed by atoms with E-state index in [0.29, 0.717) is 18.0 Å². The summed E-state index contributed by atoms with van der Waals surface area (Å²) in [5.41, 5.74) is 0.442. The fourth-order valence-corrected chi connectivity index (χ4v) is 4.53. The van der Waals surface area contributed by atoms with Crippen LogP contribution in [-0.2, 0) is 4.79 Å². The van der Waals surface area contributed by atoms with E-state index < -0.39 is 0 Å². The van der Waals surface area contributed by atoms with Gasteiger partial charge in [-0.15, -0.1) is 0 Å². The van der Waals surface area contributed by atoms with Crippen LogP contribution in [0.1, 0.15) is 46.0 Å². The molecule has 1 saturated carbocycles. The molecular formula is C19H36N4O. The van der Waals surface area contributed by atoms with E-state index in [1.807, 2.05) is 0 Å². The summed E-state index contributed by atoms with van der Waals surface area (Å²) in [5, 5.41) is 6.75. The second kappa shape index (κ2) is 8.15. The summed E-state index contributed by atoms with van der Waals surface area (Å²) in [5.74, 6) is 1.07. The monoisotopic (exact) mass is 336 g/mol. The molecule has 0 bridgehead atoms. The van der Waals surface area contributed by atoms with Crippen molar-refractivity contribution in [1.29, 1.82) is 0 Å². The molecule has 0 aromatic carbocycles. The SMILES string of the molecule is CC1CCC(NC(=O)CN2CCN(CC3(C)CCNC3)CC2)CC1. The maximum Gasteiger partial charge on any atom is 0.234 e. The van der Waals surface area contributed by atoms with E-state index in [4.69, 9.17) is 0 Å². The highest BCUT2D eigenvalue weighted by Gasteiger charge is 2.32. The van der Waals surface area contributed by atoms with Crippen LogP contribution in [0.15, 0.2) is 0 Å². The van der Waals surface area contributed by atoms with Crippen molar-refractivity contribution in [2.24, 2.45) is 11.3 Å². The van der Waals surface area contributed by atoms with E-state index in [9.17, 15) is 4.79 Å². The highest BCUT2D eigenvalue weighted by Crippen LogP contribution is 2.26. The number of nitrogens with zero attached hydrogens (tertiary/aromatic N) is 2. The summed E-state index contributed by atoms with van der Waals surface area (Å²) in [6, 6.07) is 0.421. The molecule has 0 spiro atoms. The molecule has 1 atom stereocenters. The first-order valence-electron chi connectivity index (χ1n) is 9.97. The van der Waals surface area contributed by atoms with Crippen molar-refractivity contribution in [2.75, 3.05) is 52.4 Å². The number of nitrogens with one attached hydrogen (secondary N) is 2. The van der Waals surface area contributed by atoms with Gasteiger partial charge in [-0.2, -0.15) is 0 Å². The highest BCUT2D eigenvalue weighted by molar-refractivity contribution is 5.78. The Morgan fingerprint density at radius 3 is 2.42 bits per heavy atom. The maximum absolute atomic E-state index is 12.3. The van der Waals surface area contributed by atoms with Crippen LogP contribution < -0.4 is 10.6 Å². The number of carbonyl (C=O) groups excluding carboxylic acids is 1. The normalized spacial score (nSPS) is 35.9. The average Bonchev–Trinajstić information content (AvgIpc) is 2.98. The van der Waals surface area contributed by atoms with Crippen LogP contribution in [0.3, 0.4) is 0 Å². The standard InChI is InChI=1S/C19H36N4O/c1-16-3-5-17(6-4-16)21-18(24)13-22-9-11-23(12-10-22)15-19(2)7-8-20-14-19/h16-17,20H,3-15H2,1-2H3,(H,21,24). The van der Waals surface area contributed by atoms with E-state index in [0.717, 1.165) is 58.0 Å². The van der Waals surface area contributed by atoms with Gasteiger partial charge in [-0.05, 0) is 50.0 Å². The first-order chi connectivity index (χ1) is 11.5. The van der Waals surface area contributed by atoms with Crippen LogP contribution in [0.2, 0.25) is 0 Å². The second-order valence-electron chi connectivity index (χ2n) is 8.81. The van der Waals surface area contributed by atoms with Gasteiger partial charge >= 0.3 is 0 Å². The summed E-state index contributed by atoms with van der Waals surface area (Å²) in [4.78, 5) is 17.2. The molecule has 2 heterocycles. The summed E-state index contributed by atoms with van der Waals surface area (Å²) in [7, 11) is 0. The lowest BCUT2D eigenvalue weighted by Crippen LogP contribution is -2.52. The molecule has 3 aliphatic rings. The minimum atomic E-state index is 0.231. The van der Waals surface area contributed by atoms with Crippen molar-refractivity contribution in [3.05, 3.63) is 0 Å². The Morgan fingerprint density at radius 1 is 1.12 bits per heavy atom. The maximum atomic E-state index is 12.3. The summed E-state index contributed by atoms with van der Waals surface area (Å²) in [6.07, 6.45) is 6.13. The Bertz CT molecular complexity index is 406. The van der Waals surface area contributed by atoms with E-state index in [-0.39, 0.29) is 5.91 Å². The van der Waals surface area contributed by atoms with Crippen molar-refractivity contribution in [3.63, 3.8) is 0 Å². The Morgan fingerprint density at radius 2 is 1.79 bits per heavy atom. The Hall–Kier alpha value is -0.650. The molecule has 5 heteroatoms. The lowest BCUT2D eigenvalue weighted by Gasteiger charge is -2.38. The molecule has 0 radical (unpaired) electrons. The number of rotatable bonds is 5. The average molecular weight is 337 g/mol. The van der Waals surface area contributed by atoms with Crippen LogP contribution in [0, 0.1) is 11.3 Å². The number of amides is 1. The number of carbonyl (C=O) groups is 1. The fraction of sp³-hybridized carbons (Fsp3) is 0.947. The molecule has 5 nitrogen and oxygen atoms in total. The largest absolute Gasteiger partial charge is 0.352 e. The lowest BCUT2D eigenvalue weighted by molar-refractivity contribution is -0.123. The highest BCUT2D eigenvalue weighted by atomic mass is 16.2. The molecule has 24 heavy (non-hydrogen) atoms. The van der Waals surface area contributed by atoms with Gasteiger partial charge in [0.1, 0.15) is 0 Å². The van der Waals surface area contributed by atoms with Crippen molar-refractivity contribution < 1.29 is 4.79 Å². The summed E-state index contributed by atoms with van der Waals surface area (Å²) >= 11 is 0. The van der Waals surface area contributed by atoms with Crippen LogP contribution in [-0.4, -0.2) is 74.1 Å². The van der Waals surface area contributed by atoms with Gasteiger partial charge in [0.15, 0.2) is 0 Å². The second-order valence-corrected chi connectivity index (χ2v) is 8.81. The minimum absolute atomic E-state index is 0.231. The first-order valence-corrected chi connectivity index (χ1v) is 9.97. The molecule has 138 valence electrons. The molecule has 1 amide bonds. The van der Waals surface area contributed by atoms with Gasteiger partial charge in [0.25, 0.3) is 0 Å². The Labute approximate surface area is 147 Å². The third-order valence-corrected chi connectivity index (χ3v) is 6.28. The zero-order chi connectivity index (χ0) is 17.0. The van der Waals surface area contributed by atoms with Gasteiger partial charge in [-0.25, -0.2) is 0 Å². The fourth-order valence-electron chi connectivity index (χ4n) is 4.53. The van der Waals surface area contributed by atoms with Crippen molar-refractivity contribution in [3.8, 4) is 0 Å². The zero-order valence-corrected chi connectivity index (χ0v) is 15.6. The molecule has 2 N–H and O–H groups in total.